The highest BCUT2D eigenvalue weighted by atomic mass is 19.4. The zero-order valence-electron chi connectivity index (χ0n) is 12.3. The summed E-state index contributed by atoms with van der Waals surface area (Å²) in [4.78, 5) is 3.76. The van der Waals surface area contributed by atoms with E-state index >= 15 is 0 Å². The van der Waals surface area contributed by atoms with Gasteiger partial charge in [-0.2, -0.15) is 13.2 Å². The van der Waals surface area contributed by atoms with E-state index in [1.54, 1.807) is 6.07 Å². The molecule has 1 aromatic heterocycles. The van der Waals surface area contributed by atoms with Gasteiger partial charge in [0.1, 0.15) is 0 Å². The average Bonchev–Trinajstić information content (AvgIpc) is 2.53. The molecule has 2 nitrogen and oxygen atoms in total. The Morgan fingerprint density at radius 1 is 1.09 bits per heavy atom. The Morgan fingerprint density at radius 2 is 1.82 bits per heavy atom. The van der Waals surface area contributed by atoms with E-state index < -0.39 is 11.7 Å². The highest BCUT2D eigenvalue weighted by Crippen LogP contribution is 2.41. The van der Waals surface area contributed by atoms with Gasteiger partial charge in [0.15, 0.2) is 0 Å². The Labute approximate surface area is 127 Å². The molecule has 0 atom stereocenters. The molecule has 0 aliphatic heterocycles. The first-order valence-corrected chi connectivity index (χ1v) is 7.62. The summed E-state index contributed by atoms with van der Waals surface area (Å²) >= 11 is 0. The number of aromatic nitrogens is 1. The van der Waals surface area contributed by atoms with Crippen molar-refractivity contribution in [1.29, 1.82) is 0 Å². The van der Waals surface area contributed by atoms with Gasteiger partial charge in [-0.15, -0.1) is 0 Å². The molecule has 1 saturated carbocycles. The summed E-state index contributed by atoms with van der Waals surface area (Å²) in [6.07, 6.45) is 3.46. The number of pyridine rings is 1. The molecule has 118 valence electrons. The second kappa shape index (κ2) is 5.54. The topological polar surface area (TPSA) is 38.9 Å². The molecule has 0 spiro atoms. The van der Waals surface area contributed by atoms with Gasteiger partial charge < -0.3 is 5.73 Å². The van der Waals surface area contributed by atoms with Gasteiger partial charge in [-0.3, -0.25) is 4.98 Å². The molecule has 22 heavy (non-hydrogen) atoms. The molecule has 0 radical (unpaired) electrons. The van der Waals surface area contributed by atoms with Crippen LogP contribution in [0.4, 0.5) is 13.2 Å². The number of hydrogen-bond donors (Lipinski definition) is 1. The number of benzene rings is 1. The number of rotatable bonds is 2. The number of nitrogens with two attached hydrogens (primary N) is 1. The second-order valence-electron chi connectivity index (χ2n) is 6.17. The van der Waals surface area contributed by atoms with Crippen LogP contribution in [0.25, 0.3) is 10.8 Å². The fourth-order valence-electron chi connectivity index (χ4n) is 3.57. The van der Waals surface area contributed by atoms with Gasteiger partial charge in [0.2, 0.25) is 0 Å². The summed E-state index contributed by atoms with van der Waals surface area (Å²) in [5, 5.41) is 0.736. The number of nitrogens with zero attached hydrogens (tertiary/aromatic N) is 1. The van der Waals surface area contributed by atoms with Crippen molar-refractivity contribution in [2.75, 3.05) is 6.54 Å². The third kappa shape index (κ3) is 2.58. The van der Waals surface area contributed by atoms with E-state index in [2.05, 4.69) is 4.98 Å². The van der Waals surface area contributed by atoms with Gasteiger partial charge in [0.25, 0.3) is 0 Å². The molecule has 1 aromatic carbocycles. The van der Waals surface area contributed by atoms with Crippen LogP contribution in [0.2, 0.25) is 0 Å². The lowest BCUT2D eigenvalue weighted by atomic mass is 9.69. The van der Waals surface area contributed by atoms with E-state index in [0.29, 0.717) is 11.9 Å². The lowest BCUT2D eigenvalue weighted by Gasteiger charge is -2.37. The van der Waals surface area contributed by atoms with Gasteiger partial charge >= 0.3 is 6.18 Å². The molecule has 3 rings (SSSR count). The molecule has 5 heteroatoms. The Balaban J connectivity index is 2.11. The van der Waals surface area contributed by atoms with Crippen LogP contribution >= 0.6 is 0 Å². The second-order valence-corrected chi connectivity index (χ2v) is 6.17. The van der Waals surface area contributed by atoms with E-state index in [1.165, 1.54) is 12.6 Å². The molecular weight excluding hydrogens is 289 g/mol. The molecule has 1 aliphatic carbocycles. The molecule has 2 N–H and O–H groups in total. The third-order valence-electron chi connectivity index (χ3n) is 4.88. The summed E-state index contributed by atoms with van der Waals surface area (Å²) < 4.78 is 39.2. The van der Waals surface area contributed by atoms with Gasteiger partial charge in [0, 0.05) is 29.7 Å². The van der Waals surface area contributed by atoms with Crippen molar-refractivity contribution in [2.45, 2.75) is 43.7 Å². The molecule has 1 aliphatic rings. The summed E-state index contributed by atoms with van der Waals surface area (Å²) in [5.41, 5.74) is 6.29. The minimum Gasteiger partial charge on any atom is -0.330 e. The lowest BCUT2D eigenvalue weighted by molar-refractivity contribution is -0.136. The van der Waals surface area contributed by atoms with Crippen molar-refractivity contribution < 1.29 is 13.2 Å². The number of alkyl halides is 3. The molecule has 0 bridgehead atoms. The van der Waals surface area contributed by atoms with Crippen LogP contribution in [-0.4, -0.2) is 11.5 Å². The van der Waals surface area contributed by atoms with Crippen molar-refractivity contribution in [2.24, 2.45) is 5.73 Å². The smallest absolute Gasteiger partial charge is 0.330 e. The van der Waals surface area contributed by atoms with Crippen LogP contribution in [0.15, 0.2) is 30.6 Å². The standard InChI is InChI=1S/C17H19F3N2/c18-17(19,20)15-10-22-9-12-8-13(4-5-14(12)15)16(11-21)6-2-1-3-7-16/h4-5,8-10H,1-3,6-7,11,21H2. The first-order chi connectivity index (χ1) is 10.5. The van der Waals surface area contributed by atoms with Gasteiger partial charge in [-0.05, 0) is 29.9 Å². The summed E-state index contributed by atoms with van der Waals surface area (Å²) in [5.74, 6) is 0. The minimum absolute atomic E-state index is 0.0966. The van der Waals surface area contributed by atoms with Crippen molar-refractivity contribution in [3.05, 3.63) is 41.7 Å². The molecule has 1 heterocycles. The van der Waals surface area contributed by atoms with Crippen LogP contribution in [0.5, 0.6) is 0 Å². The zero-order chi connectivity index (χ0) is 15.8. The SMILES string of the molecule is NCC1(c2ccc3c(C(F)(F)F)cncc3c2)CCCCC1. The van der Waals surface area contributed by atoms with E-state index in [4.69, 9.17) is 5.73 Å². The quantitative estimate of drug-likeness (QED) is 0.892. The van der Waals surface area contributed by atoms with Crippen LogP contribution in [0.3, 0.4) is 0 Å². The maximum atomic E-state index is 13.1. The number of hydrogen-bond acceptors (Lipinski definition) is 2. The minimum atomic E-state index is -4.38. The van der Waals surface area contributed by atoms with Crippen molar-refractivity contribution in [3.8, 4) is 0 Å². The van der Waals surface area contributed by atoms with Crippen molar-refractivity contribution in [1.82, 2.24) is 4.98 Å². The Kier molecular flexibility index (Phi) is 3.85. The van der Waals surface area contributed by atoms with Crippen LogP contribution in [0, 0.1) is 0 Å². The summed E-state index contributed by atoms with van der Waals surface area (Å²) in [6.45, 7) is 0.533. The number of halogens is 3. The highest BCUT2D eigenvalue weighted by Gasteiger charge is 2.35. The molecule has 1 fully saturated rings. The Morgan fingerprint density at radius 3 is 2.45 bits per heavy atom. The number of fused-ring (bicyclic) bond motifs is 1. The largest absolute Gasteiger partial charge is 0.418 e. The van der Waals surface area contributed by atoms with Crippen LogP contribution < -0.4 is 5.73 Å². The van der Waals surface area contributed by atoms with Crippen LogP contribution in [0.1, 0.15) is 43.2 Å². The zero-order valence-corrected chi connectivity index (χ0v) is 12.3. The Bertz CT molecular complexity index is 673. The van der Waals surface area contributed by atoms with Gasteiger partial charge in [-0.1, -0.05) is 31.4 Å². The highest BCUT2D eigenvalue weighted by molar-refractivity contribution is 5.86. The fourth-order valence-corrected chi connectivity index (χ4v) is 3.57. The van der Waals surface area contributed by atoms with Crippen molar-refractivity contribution >= 4 is 10.8 Å². The molecule has 0 amide bonds. The monoisotopic (exact) mass is 308 g/mol. The lowest BCUT2D eigenvalue weighted by Crippen LogP contribution is -2.37. The molecule has 2 aromatic rings. The fraction of sp³-hybridized carbons (Fsp3) is 0.471. The first-order valence-electron chi connectivity index (χ1n) is 7.62. The average molecular weight is 308 g/mol. The molecule has 0 unspecified atom stereocenters. The Hall–Kier alpha value is -1.62. The predicted octanol–water partition coefficient (Wildman–Crippen LogP) is 4.41. The van der Waals surface area contributed by atoms with E-state index in [0.717, 1.165) is 37.4 Å². The van der Waals surface area contributed by atoms with Crippen molar-refractivity contribution in [3.63, 3.8) is 0 Å². The van der Waals surface area contributed by atoms with E-state index in [1.807, 2.05) is 12.1 Å². The van der Waals surface area contributed by atoms with Crippen LogP contribution in [-0.2, 0) is 11.6 Å². The molecule has 0 saturated heterocycles. The molecular formula is C17H19F3N2. The third-order valence-corrected chi connectivity index (χ3v) is 4.88. The summed E-state index contributed by atoms with van der Waals surface area (Å²) in [6, 6.07) is 5.23. The summed E-state index contributed by atoms with van der Waals surface area (Å²) in [7, 11) is 0. The maximum Gasteiger partial charge on any atom is 0.418 e. The van der Waals surface area contributed by atoms with Gasteiger partial charge in [-0.25, -0.2) is 0 Å². The first kappa shape index (κ1) is 15.3. The van der Waals surface area contributed by atoms with Gasteiger partial charge in [0.05, 0.1) is 5.56 Å². The van der Waals surface area contributed by atoms with E-state index in [-0.39, 0.29) is 10.8 Å². The maximum absolute atomic E-state index is 13.1. The normalized spacial score (nSPS) is 18.5. The van der Waals surface area contributed by atoms with E-state index in [9.17, 15) is 13.2 Å². The predicted molar refractivity (Wildman–Crippen MR) is 80.6 cm³/mol.